The van der Waals surface area contributed by atoms with Crippen molar-refractivity contribution < 1.29 is 19.2 Å². The first kappa shape index (κ1) is 21.3. The lowest BCUT2D eigenvalue weighted by Crippen LogP contribution is -2.21. The molecule has 8 nitrogen and oxygen atoms in total. The molecular weight excluding hydrogens is 386 g/mol. The van der Waals surface area contributed by atoms with Crippen LogP contribution in [0.25, 0.3) is 0 Å². The maximum absolute atomic E-state index is 12.3. The SMILES string of the molecule is CC(C)c1ccc(NC(=O)COC(=O)c2ccc(N3CCCC3)c([N+](=O)[O-])c2)cc1. The number of nitro benzene ring substituents is 1. The molecule has 0 bridgehead atoms. The maximum Gasteiger partial charge on any atom is 0.338 e. The van der Waals surface area contributed by atoms with Gasteiger partial charge in [0.25, 0.3) is 11.6 Å². The number of carbonyl (C=O) groups excluding carboxylic acids is 2. The molecule has 1 saturated heterocycles. The Morgan fingerprint density at radius 3 is 2.40 bits per heavy atom. The van der Waals surface area contributed by atoms with E-state index in [2.05, 4.69) is 19.2 Å². The third-order valence-electron chi connectivity index (χ3n) is 5.05. The van der Waals surface area contributed by atoms with E-state index in [9.17, 15) is 19.7 Å². The summed E-state index contributed by atoms with van der Waals surface area (Å²) in [4.78, 5) is 37.2. The van der Waals surface area contributed by atoms with Gasteiger partial charge in [0.2, 0.25) is 0 Å². The van der Waals surface area contributed by atoms with Crippen molar-refractivity contribution >= 4 is 28.9 Å². The first-order chi connectivity index (χ1) is 14.3. The minimum Gasteiger partial charge on any atom is -0.452 e. The summed E-state index contributed by atoms with van der Waals surface area (Å²) >= 11 is 0. The lowest BCUT2D eigenvalue weighted by atomic mass is 10.0. The number of anilines is 2. The van der Waals surface area contributed by atoms with E-state index in [-0.39, 0.29) is 11.3 Å². The summed E-state index contributed by atoms with van der Waals surface area (Å²) in [6.45, 7) is 5.18. The molecule has 1 N–H and O–H groups in total. The van der Waals surface area contributed by atoms with E-state index < -0.39 is 23.4 Å². The van der Waals surface area contributed by atoms with Crippen LogP contribution in [0.2, 0.25) is 0 Å². The van der Waals surface area contributed by atoms with Gasteiger partial charge in [-0.1, -0.05) is 26.0 Å². The van der Waals surface area contributed by atoms with E-state index in [0.29, 0.717) is 17.3 Å². The van der Waals surface area contributed by atoms with Crippen molar-refractivity contribution in [2.24, 2.45) is 0 Å². The van der Waals surface area contributed by atoms with Crippen LogP contribution in [0.5, 0.6) is 0 Å². The lowest BCUT2D eigenvalue weighted by Gasteiger charge is -2.17. The van der Waals surface area contributed by atoms with Gasteiger partial charge in [0.15, 0.2) is 6.61 Å². The van der Waals surface area contributed by atoms with Gasteiger partial charge in [0.05, 0.1) is 10.5 Å². The number of hydrogen-bond acceptors (Lipinski definition) is 6. The summed E-state index contributed by atoms with van der Waals surface area (Å²) in [6, 6.07) is 11.7. The number of nitrogens with one attached hydrogen (secondary N) is 1. The highest BCUT2D eigenvalue weighted by Gasteiger charge is 2.24. The molecule has 3 rings (SSSR count). The summed E-state index contributed by atoms with van der Waals surface area (Å²) in [5.41, 5.74) is 2.15. The first-order valence-electron chi connectivity index (χ1n) is 9.95. The Labute approximate surface area is 175 Å². The molecule has 1 aliphatic rings. The van der Waals surface area contributed by atoms with Crippen LogP contribution in [0.4, 0.5) is 17.1 Å². The zero-order valence-corrected chi connectivity index (χ0v) is 17.1. The molecule has 0 aromatic heterocycles. The van der Waals surface area contributed by atoms with Gasteiger partial charge in [0, 0.05) is 24.8 Å². The summed E-state index contributed by atoms with van der Waals surface area (Å²) in [6.07, 6.45) is 1.96. The third-order valence-corrected chi connectivity index (χ3v) is 5.05. The number of nitro groups is 1. The molecule has 1 aliphatic heterocycles. The maximum atomic E-state index is 12.3. The Balaban J connectivity index is 1.60. The fourth-order valence-electron chi connectivity index (χ4n) is 3.38. The Kier molecular flexibility index (Phi) is 6.66. The van der Waals surface area contributed by atoms with Crippen LogP contribution in [0.15, 0.2) is 42.5 Å². The fraction of sp³-hybridized carbons (Fsp3) is 0.364. The number of nitrogens with zero attached hydrogens (tertiary/aromatic N) is 2. The molecule has 1 amide bonds. The van der Waals surface area contributed by atoms with Crippen LogP contribution in [-0.2, 0) is 9.53 Å². The Bertz CT molecular complexity index is 934. The van der Waals surface area contributed by atoms with Gasteiger partial charge in [-0.05, 0) is 48.6 Å². The van der Waals surface area contributed by atoms with Crippen molar-refractivity contribution in [3.63, 3.8) is 0 Å². The molecule has 8 heteroatoms. The summed E-state index contributed by atoms with van der Waals surface area (Å²) in [7, 11) is 0. The molecular formula is C22H25N3O5. The van der Waals surface area contributed by atoms with Gasteiger partial charge < -0.3 is 15.0 Å². The summed E-state index contributed by atoms with van der Waals surface area (Å²) in [5, 5.41) is 14.1. The topological polar surface area (TPSA) is 102 Å². The van der Waals surface area contributed by atoms with E-state index in [0.717, 1.165) is 31.5 Å². The number of esters is 1. The highest BCUT2D eigenvalue weighted by molar-refractivity contribution is 5.96. The smallest absolute Gasteiger partial charge is 0.338 e. The zero-order chi connectivity index (χ0) is 21.7. The van der Waals surface area contributed by atoms with Crippen molar-refractivity contribution in [1.29, 1.82) is 0 Å². The van der Waals surface area contributed by atoms with Gasteiger partial charge in [0.1, 0.15) is 5.69 Å². The number of amides is 1. The van der Waals surface area contributed by atoms with Crippen molar-refractivity contribution in [1.82, 2.24) is 0 Å². The number of rotatable bonds is 7. The predicted octanol–water partition coefficient (Wildman–Crippen LogP) is 4.11. The highest BCUT2D eigenvalue weighted by atomic mass is 16.6. The summed E-state index contributed by atoms with van der Waals surface area (Å²) < 4.78 is 5.04. The minimum absolute atomic E-state index is 0.0405. The van der Waals surface area contributed by atoms with Gasteiger partial charge in [-0.3, -0.25) is 14.9 Å². The molecule has 0 atom stereocenters. The second-order valence-corrected chi connectivity index (χ2v) is 7.56. The second kappa shape index (κ2) is 9.39. The number of carbonyl (C=O) groups is 2. The molecule has 1 heterocycles. The molecule has 0 radical (unpaired) electrons. The van der Waals surface area contributed by atoms with E-state index in [1.165, 1.54) is 12.1 Å². The van der Waals surface area contributed by atoms with Crippen molar-refractivity contribution in [2.75, 3.05) is 29.9 Å². The van der Waals surface area contributed by atoms with Crippen LogP contribution in [0, 0.1) is 10.1 Å². The summed E-state index contributed by atoms with van der Waals surface area (Å²) in [5.74, 6) is -0.878. The standard InChI is InChI=1S/C22H25N3O5/c1-15(2)16-5-8-18(9-6-16)23-21(26)14-30-22(27)17-7-10-19(20(13-17)25(28)29)24-11-3-4-12-24/h5-10,13,15H,3-4,11-12,14H2,1-2H3,(H,23,26). The minimum atomic E-state index is -0.781. The van der Waals surface area contributed by atoms with Crippen molar-refractivity contribution in [3.05, 3.63) is 63.7 Å². The normalized spacial score (nSPS) is 13.4. The molecule has 0 aliphatic carbocycles. The number of ether oxygens (including phenoxy) is 1. The average Bonchev–Trinajstić information content (AvgIpc) is 3.26. The van der Waals surface area contributed by atoms with Crippen LogP contribution in [0.3, 0.4) is 0 Å². The number of benzene rings is 2. The van der Waals surface area contributed by atoms with Crippen molar-refractivity contribution in [2.45, 2.75) is 32.6 Å². The van der Waals surface area contributed by atoms with Crippen LogP contribution < -0.4 is 10.2 Å². The zero-order valence-electron chi connectivity index (χ0n) is 17.1. The Hall–Kier alpha value is -3.42. The van der Waals surface area contributed by atoms with Crippen LogP contribution in [-0.4, -0.2) is 36.5 Å². The van der Waals surface area contributed by atoms with Crippen LogP contribution >= 0.6 is 0 Å². The van der Waals surface area contributed by atoms with Gasteiger partial charge in [-0.15, -0.1) is 0 Å². The molecule has 30 heavy (non-hydrogen) atoms. The van der Waals surface area contributed by atoms with E-state index in [1.807, 2.05) is 17.0 Å². The molecule has 0 saturated carbocycles. The Morgan fingerprint density at radius 1 is 1.13 bits per heavy atom. The predicted molar refractivity (Wildman–Crippen MR) is 114 cm³/mol. The fourth-order valence-corrected chi connectivity index (χ4v) is 3.38. The molecule has 2 aromatic carbocycles. The quantitative estimate of drug-likeness (QED) is 0.418. The van der Waals surface area contributed by atoms with Crippen LogP contribution in [0.1, 0.15) is 48.5 Å². The van der Waals surface area contributed by atoms with Gasteiger partial charge in [-0.2, -0.15) is 0 Å². The number of hydrogen-bond donors (Lipinski definition) is 1. The largest absolute Gasteiger partial charge is 0.452 e. The monoisotopic (exact) mass is 411 g/mol. The van der Waals surface area contributed by atoms with Crippen molar-refractivity contribution in [3.8, 4) is 0 Å². The van der Waals surface area contributed by atoms with E-state index in [4.69, 9.17) is 4.74 Å². The second-order valence-electron chi connectivity index (χ2n) is 7.56. The first-order valence-corrected chi connectivity index (χ1v) is 9.95. The molecule has 2 aromatic rings. The molecule has 1 fully saturated rings. The Morgan fingerprint density at radius 2 is 1.80 bits per heavy atom. The van der Waals surface area contributed by atoms with Gasteiger partial charge in [-0.25, -0.2) is 4.79 Å². The molecule has 158 valence electrons. The lowest BCUT2D eigenvalue weighted by molar-refractivity contribution is -0.384. The van der Waals surface area contributed by atoms with E-state index >= 15 is 0 Å². The highest BCUT2D eigenvalue weighted by Crippen LogP contribution is 2.31. The van der Waals surface area contributed by atoms with E-state index in [1.54, 1.807) is 18.2 Å². The molecule has 0 unspecified atom stereocenters. The third kappa shape index (κ3) is 5.14. The van der Waals surface area contributed by atoms with Gasteiger partial charge >= 0.3 is 5.97 Å². The average molecular weight is 411 g/mol. The molecule has 0 spiro atoms.